The largest absolute Gasteiger partial charge is 0.455 e. The summed E-state index contributed by atoms with van der Waals surface area (Å²) in [7, 11) is 0. The average Bonchev–Trinajstić information content (AvgIpc) is 3.99. The van der Waals surface area contributed by atoms with E-state index >= 15 is 0 Å². The molecular formula is C48H27N3O. The number of rotatable bonds is 2. The van der Waals surface area contributed by atoms with E-state index in [0.717, 1.165) is 38.7 Å². The Morgan fingerprint density at radius 2 is 0.846 bits per heavy atom. The second-order valence-corrected chi connectivity index (χ2v) is 14.0. The van der Waals surface area contributed by atoms with Crippen LogP contribution in [0.25, 0.3) is 115 Å². The zero-order valence-corrected chi connectivity index (χ0v) is 27.8. The predicted octanol–water partition coefficient (Wildman–Crippen LogP) is 12.9. The lowest BCUT2D eigenvalue weighted by Gasteiger charge is -2.10. The van der Waals surface area contributed by atoms with Crippen LogP contribution >= 0.6 is 0 Å². The summed E-state index contributed by atoms with van der Waals surface area (Å²) >= 11 is 0. The topological polar surface area (TPSA) is 27.4 Å². The van der Waals surface area contributed by atoms with Gasteiger partial charge in [0, 0.05) is 59.9 Å². The van der Waals surface area contributed by atoms with Crippen LogP contribution < -0.4 is 0 Å². The Hall–Kier alpha value is -7.04. The summed E-state index contributed by atoms with van der Waals surface area (Å²) in [6, 6.07) is 59.4. The van der Waals surface area contributed by atoms with Gasteiger partial charge in [0.1, 0.15) is 11.2 Å². The van der Waals surface area contributed by atoms with Gasteiger partial charge >= 0.3 is 0 Å². The van der Waals surface area contributed by atoms with Gasteiger partial charge in [-0.3, -0.25) is 0 Å². The van der Waals surface area contributed by atoms with Gasteiger partial charge in [0.05, 0.1) is 44.0 Å². The van der Waals surface area contributed by atoms with Crippen molar-refractivity contribution in [2.75, 3.05) is 0 Å². The maximum Gasteiger partial charge on any atom is 0.145 e. The Morgan fingerprint density at radius 3 is 1.48 bits per heavy atom. The van der Waals surface area contributed by atoms with Crippen LogP contribution in [0.1, 0.15) is 0 Å². The molecule has 0 spiro atoms. The van der Waals surface area contributed by atoms with E-state index in [1.807, 2.05) is 0 Å². The third kappa shape index (κ3) is 3.11. The van der Waals surface area contributed by atoms with Gasteiger partial charge in [-0.05, 0) is 60.7 Å². The van der Waals surface area contributed by atoms with Crippen LogP contribution in [0.15, 0.2) is 168 Å². The molecule has 5 aromatic heterocycles. The van der Waals surface area contributed by atoms with Gasteiger partial charge in [0.25, 0.3) is 0 Å². The molecular weight excluding hydrogens is 635 g/mol. The molecule has 5 heterocycles. The molecule has 0 fully saturated rings. The Kier molecular flexibility index (Phi) is 4.83. The monoisotopic (exact) mass is 661 g/mol. The number of fused-ring (bicyclic) bond motifs is 18. The average molecular weight is 662 g/mol. The summed E-state index contributed by atoms with van der Waals surface area (Å²) < 4.78 is 14.4. The highest BCUT2D eigenvalue weighted by Crippen LogP contribution is 2.50. The molecule has 0 radical (unpaired) electrons. The highest BCUT2D eigenvalue weighted by atomic mass is 16.3. The molecule has 0 N–H and O–H groups in total. The molecule has 0 aliphatic rings. The van der Waals surface area contributed by atoms with Gasteiger partial charge < -0.3 is 18.0 Å². The van der Waals surface area contributed by atoms with E-state index in [-0.39, 0.29) is 0 Å². The van der Waals surface area contributed by atoms with Crippen LogP contribution in [0.4, 0.5) is 0 Å². The van der Waals surface area contributed by atoms with Gasteiger partial charge in [0.15, 0.2) is 0 Å². The molecule has 0 unspecified atom stereocenters. The first-order chi connectivity index (χ1) is 25.8. The Bertz CT molecular complexity index is 3620. The van der Waals surface area contributed by atoms with Crippen LogP contribution in [-0.4, -0.2) is 13.5 Å². The highest BCUT2D eigenvalue weighted by Gasteiger charge is 2.28. The fourth-order valence-corrected chi connectivity index (χ4v) is 9.54. The SMILES string of the molecule is c1ccc(-n2c3ccccc3c3ccc4c(c5cc6c7ccccc7oc6c6c7c8c(ccc7n4c56)c4ccccc4n8-c4ccccc4)c32)cc1. The van der Waals surface area contributed by atoms with Gasteiger partial charge in [-0.15, -0.1) is 0 Å². The van der Waals surface area contributed by atoms with E-state index < -0.39 is 0 Å². The summed E-state index contributed by atoms with van der Waals surface area (Å²) in [5.41, 5.74) is 12.6. The van der Waals surface area contributed by atoms with E-state index in [1.165, 1.54) is 76.3 Å². The molecule has 4 nitrogen and oxygen atoms in total. The Balaban J connectivity index is 1.35. The molecule has 0 saturated carbocycles. The van der Waals surface area contributed by atoms with Crippen molar-refractivity contribution in [3.8, 4) is 11.4 Å². The van der Waals surface area contributed by atoms with E-state index in [1.54, 1.807) is 0 Å². The smallest absolute Gasteiger partial charge is 0.145 e. The number of hydrogen-bond donors (Lipinski definition) is 0. The van der Waals surface area contributed by atoms with Crippen molar-refractivity contribution in [2.45, 2.75) is 0 Å². The first-order valence-corrected chi connectivity index (χ1v) is 17.9. The molecule has 240 valence electrons. The van der Waals surface area contributed by atoms with Gasteiger partial charge in [0.2, 0.25) is 0 Å². The number of benzene rings is 8. The number of para-hydroxylation sites is 5. The Labute approximate surface area is 295 Å². The standard InChI is InChI=1S/C48H27N3O/c1-3-13-28(14-4-1)49-37-20-10-7-17-30(37)33-23-25-39-42(45(33)49)36-27-35-32-19-9-12-22-41(32)52-48(35)44-43-40(51(39)47(36)44)26-24-34-31-18-8-11-21-38(31)50(46(34)43)29-15-5-2-6-16-29/h1-27H. The van der Waals surface area contributed by atoms with Crippen molar-refractivity contribution in [3.05, 3.63) is 164 Å². The molecule has 8 aromatic carbocycles. The van der Waals surface area contributed by atoms with Gasteiger partial charge in [-0.25, -0.2) is 0 Å². The minimum absolute atomic E-state index is 0.907. The van der Waals surface area contributed by atoms with Crippen molar-refractivity contribution < 1.29 is 4.42 Å². The highest BCUT2D eigenvalue weighted by molar-refractivity contribution is 6.39. The van der Waals surface area contributed by atoms with Gasteiger partial charge in [-0.2, -0.15) is 0 Å². The maximum atomic E-state index is 6.94. The van der Waals surface area contributed by atoms with Gasteiger partial charge in [-0.1, -0.05) is 103 Å². The second-order valence-electron chi connectivity index (χ2n) is 14.0. The third-order valence-electron chi connectivity index (χ3n) is 11.5. The third-order valence-corrected chi connectivity index (χ3v) is 11.5. The van der Waals surface area contributed by atoms with E-state index in [4.69, 9.17) is 4.42 Å². The number of nitrogens with zero attached hydrogens (tertiary/aromatic N) is 3. The maximum absolute atomic E-state index is 6.94. The van der Waals surface area contributed by atoms with Crippen LogP contribution in [0.3, 0.4) is 0 Å². The summed E-state index contributed by atoms with van der Waals surface area (Å²) in [5, 5.41) is 12.1. The molecule has 0 amide bonds. The van der Waals surface area contributed by atoms with Crippen molar-refractivity contribution in [1.82, 2.24) is 13.5 Å². The fourth-order valence-electron chi connectivity index (χ4n) is 9.54. The second kappa shape index (κ2) is 9.39. The summed E-state index contributed by atoms with van der Waals surface area (Å²) in [4.78, 5) is 0. The van der Waals surface area contributed by atoms with E-state index in [0.29, 0.717) is 0 Å². The number of furan rings is 1. The molecule has 0 aliphatic heterocycles. The van der Waals surface area contributed by atoms with Crippen LogP contribution in [0.5, 0.6) is 0 Å². The zero-order valence-electron chi connectivity index (χ0n) is 27.8. The molecule has 0 aliphatic carbocycles. The molecule has 0 bridgehead atoms. The lowest BCUT2D eigenvalue weighted by atomic mass is 10.0. The van der Waals surface area contributed by atoms with Crippen molar-refractivity contribution in [3.63, 3.8) is 0 Å². The molecule has 13 aromatic rings. The van der Waals surface area contributed by atoms with Crippen LogP contribution in [0, 0.1) is 0 Å². The first kappa shape index (κ1) is 26.8. The van der Waals surface area contributed by atoms with Crippen LogP contribution in [-0.2, 0) is 0 Å². The zero-order chi connectivity index (χ0) is 33.7. The lowest BCUT2D eigenvalue weighted by molar-refractivity contribution is 0.673. The van der Waals surface area contributed by atoms with Crippen molar-refractivity contribution >= 4 is 104 Å². The quantitative estimate of drug-likeness (QED) is 0.181. The van der Waals surface area contributed by atoms with Crippen molar-refractivity contribution in [1.29, 1.82) is 0 Å². The lowest BCUT2D eigenvalue weighted by Crippen LogP contribution is -1.94. The van der Waals surface area contributed by atoms with E-state index in [2.05, 4.69) is 177 Å². The minimum Gasteiger partial charge on any atom is -0.455 e. The molecule has 4 heteroatoms. The fraction of sp³-hybridized carbons (Fsp3) is 0. The van der Waals surface area contributed by atoms with E-state index in [9.17, 15) is 0 Å². The molecule has 0 saturated heterocycles. The molecule has 0 atom stereocenters. The number of aromatic nitrogens is 3. The van der Waals surface area contributed by atoms with Crippen LogP contribution in [0.2, 0.25) is 0 Å². The molecule has 13 rings (SSSR count). The normalized spacial score (nSPS) is 12.6. The predicted molar refractivity (Wildman–Crippen MR) is 217 cm³/mol. The first-order valence-electron chi connectivity index (χ1n) is 17.9. The number of hydrogen-bond acceptors (Lipinski definition) is 1. The van der Waals surface area contributed by atoms with Crippen molar-refractivity contribution in [2.24, 2.45) is 0 Å². The molecule has 52 heavy (non-hydrogen) atoms. The summed E-state index contributed by atoms with van der Waals surface area (Å²) in [5.74, 6) is 0. The Morgan fingerprint density at radius 1 is 0.327 bits per heavy atom. The summed E-state index contributed by atoms with van der Waals surface area (Å²) in [6.07, 6.45) is 0. The minimum atomic E-state index is 0.907. The summed E-state index contributed by atoms with van der Waals surface area (Å²) in [6.45, 7) is 0.